The van der Waals surface area contributed by atoms with Crippen LogP contribution < -0.4 is 9.80 Å². The highest BCUT2D eigenvalue weighted by Gasteiger charge is 2.39. The number of benzene rings is 12. The molecule has 0 saturated carbocycles. The second-order valence-electron chi connectivity index (χ2n) is 22.8. The molecule has 0 unspecified atom stereocenters. The molecule has 0 aliphatic heterocycles. The summed E-state index contributed by atoms with van der Waals surface area (Å²) in [6, 6.07) is 83.6. The van der Waals surface area contributed by atoms with E-state index in [9.17, 15) is 0 Å². The molecule has 0 saturated heterocycles. The van der Waals surface area contributed by atoms with Crippen molar-refractivity contribution in [3.8, 4) is 22.3 Å². The van der Waals surface area contributed by atoms with Gasteiger partial charge >= 0.3 is 0 Å². The zero-order valence-corrected chi connectivity index (χ0v) is 44.1. The lowest BCUT2D eigenvalue weighted by Crippen LogP contribution is -2.17. The number of anilines is 6. The summed E-state index contributed by atoms with van der Waals surface area (Å²) in [5.74, 6) is 0. The van der Waals surface area contributed by atoms with Crippen molar-refractivity contribution in [3.05, 3.63) is 253 Å². The minimum Gasteiger partial charge on any atom is -0.456 e. The molecule has 3 heterocycles. The average molecular weight is 1020 g/mol. The Bertz CT molecular complexity index is 4780. The van der Waals surface area contributed by atoms with E-state index < -0.39 is 0 Å². The molecular weight excluding hydrogens is 965 g/mol. The lowest BCUT2D eigenvalue weighted by atomic mass is 9.80. The monoisotopic (exact) mass is 1010 g/mol. The molecule has 0 atom stereocenters. The minimum atomic E-state index is -0.190. The molecule has 12 aromatic carbocycles. The first-order chi connectivity index (χ1) is 38.6. The quantitative estimate of drug-likeness (QED) is 0.166. The summed E-state index contributed by atoms with van der Waals surface area (Å²) in [4.78, 5) is 4.69. The van der Waals surface area contributed by atoms with Gasteiger partial charge in [-0.2, -0.15) is 0 Å². The number of hydrogen-bond donors (Lipinski definition) is 0. The summed E-state index contributed by atoms with van der Waals surface area (Å²) in [6.07, 6.45) is 0. The molecule has 374 valence electrons. The Morgan fingerprint density at radius 2 is 0.582 bits per heavy atom. The average Bonchev–Trinajstić information content (AvgIpc) is 3.93. The summed E-state index contributed by atoms with van der Waals surface area (Å²) in [5.41, 5.74) is 21.5. The van der Waals surface area contributed by atoms with Crippen LogP contribution in [0, 0.1) is 0 Å². The predicted molar refractivity (Wildman–Crippen MR) is 328 cm³/mol. The third kappa shape index (κ3) is 6.27. The van der Waals surface area contributed by atoms with Crippen LogP contribution in [0.3, 0.4) is 0 Å². The second kappa shape index (κ2) is 15.9. The van der Waals surface area contributed by atoms with Crippen LogP contribution in [0.25, 0.3) is 110 Å². The molecule has 2 aliphatic rings. The number of rotatable bonds is 6. The zero-order valence-electron chi connectivity index (χ0n) is 44.1. The van der Waals surface area contributed by atoms with E-state index in [4.69, 9.17) is 13.3 Å². The summed E-state index contributed by atoms with van der Waals surface area (Å²) < 4.78 is 20.5. The maximum atomic E-state index is 6.85. The van der Waals surface area contributed by atoms with Crippen LogP contribution in [0.1, 0.15) is 49.9 Å². The van der Waals surface area contributed by atoms with E-state index >= 15 is 0 Å². The van der Waals surface area contributed by atoms with Crippen molar-refractivity contribution in [2.24, 2.45) is 0 Å². The van der Waals surface area contributed by atoms with Crippen molar-refractivity contribution in [1.82, 2.24) is 0 Å². The molecule has 3 aromatic heterocycles. The predicted octanol–water partition coefficient (Wildman–Crippen LogP) is 21.2. The van der Waals surface area contributed by atoms with Gasteiger partial charge in [-0.15, -0.1) is 0 Å². The van der Waals surface area contributed by atoms with Crippen molar-refractivity contribution >= 4 is 121 Å². The fraction of sp³-hybridized carbons (Fsp3) is 0.0811. The molecule has 0 radical (unpaired) electrons. The van der Waals surface area contributed by atoms with E-state index in [1.165, 1.54) is 66.1 Å². The van der Waals surface area contributed by atoms with Gasteiger partial charge in [-0.25, -0.2) is 0 Å². The fourth-order valence-electron chi connectivity index (χ4n) is 14.1. The molecule has 17 rings (SSSR count). The lowest BCUT2D eigenvalue weighted by molar-refractivity contribution is 0.662. The minimum absolute atomic E-state index is 0.190. The van der Waals surface area contributed by atoms with E-state index in [2.05, 4.69) is 268 Å². The summed E-state index contributed by atoms with van der Waals surface area (Å²) in [7, 11) is 0. The van der Waals surface area contributed by atoms with Crippen LogP contribution in [0.5, 0.6) is 0 Å². The summed E-state index contributed by atoms with van der Waals surface area (Å²) in [5, 5.41) is 11.2. The van der Waals surface area contributed by atoms with Crippen molar-refractivity contribution in [2.45, 2.75) is 38.5 Å². The maximum Gasteiger partial charge on any atom is 0.137 e. The van der Waals surface area contributed by atoms with Crippen LogP contribution in [-0.4, -0.2) is 0 Å². The Morgan fingerprint density at radius 3 is 1.00 bits per heavy atom. The topological polar surface area (TPSA) is 45.9 Å². The molecule has 15 aromatic rings. The van der Waals surface area contributed by atoms with Crippen LogP contribution in [-0.2, 0) is 10.8 Å². The van der Waals surface area contributed by atoms with E-state index in [1.54, 1.807) is 0 Å². The number of furan rings is 3. The van der Waals surface area contributed by atoms with Crippen LogP contribution in [0.15, 0.2) is 244 Å². The molecule has 0 amide bonds. The number of hydrogen-bond acceptors (Lipinski definition) is 5. The first-order valence-corrected chi connectivity index (χ1v) is 27.4. The van der Waals surface area contributed by atoms with E-state index in [0.717, 1.165) is 99.9 Å². The largest absolute Gasteiger partial charge is 0.456 e. The first-order valence-electron chi connectivity index (χ1n) is 27.4. The van der Waals surface area contributed by atoms with Crippen molar-refractivity contribution < 1.29 is 13.3 Å². The van der Waals surface area contributed by atoms with E-state index in [1.807, 2.05) is 0 Å². The van der Waals surface area contributed by atoms with Gasteiger partial charge in [-0.1, -0.05) is 149 Å². The van der Waals surface area contributed by atoms with Crippen LogP contribution in [0.2, 0.25) is 0 Å². The van der Waals surface area contributed by atoms with Crippen LogP contribution >= 0.6 is 0 Å². The van der Waals surface area contributed by atoms with E-state index in [-0.39, 0.29) is 10.8 Å². The van der Waals surface area contributed by atoms with Gasteiger partial charge in [0.05, 0.1) is 0 Å². The molecule has 79 heavy (non-hydrogen) atoms. The number of fused-ring (bicyclic) bond motifs is 19. The Kier molecular flexibility index (Phi) is 8.90. The molecule has 0 bridgehead atoms. The maximum absolute atomic E-state index is 6.85. The van der Waals surface area contributed by atoms with Gasteiger partial charge in [-0.3, -0.25) is 0 Å². The first kappa shape index (κ1) is 44.3. The standard InChI is InChI=1S/C74H50N2O3/c1-73(2)63-35-47(25-31-53(63)57-29-23-43-15-11-13-21-51(43)71(57)73)75(45-17-7-5-8-18-45)49-27-33-55-59-39-69-61(41-67(59)77-65(55)37-49)62-42-68-60(40-70(62)79-69)56-34-28-50(38-66(56)78-68)76(46-19-9-6-10-20-46)48-26-32-54-58-30-24-44-16-12-14-22-52(44)72(58)74(3,4)64(54)36-48/h5-42H,1-4H3. The SMILES string of the molecule is CC1(C)c2cc(N(c3ccccc3)c3ccc4c(c3)oc3cc5c(cc34)oc3cc4c(cc35)oc3cc(N(c5ccccc5)c5ccc6c(c5)C(C)(C)c5c-6ccc6ccccc56)ccc34)ccc2-c2ccc3ccccc3c21. The van der Waals surface area contributed by atoms with Gasteiger partial charge in [0.15, 0.2) is 0 Å². The Balaban J connectivity index is 0.740. The van der Waals surface area contributed by atoms with Gasteiger partial charge in [0.25, 0.3) is 0 Å². The van der Waals surface area contributed by atoms with Crippen molar-refractivity contribution in [1.29, 1.82) is 0 Å². The number of nitrogens with zero attached hydrogens (tertiary/aromatic N) is 2. The zero-order chi connectivity index (χ0) is 52.5. The van der Waals surface area contributed by atoms with Gasteiger partial charge in [0.2, 0.25) is 0 Å². The summed E-state index contributed by atoms with van der Waals surface area (Å²) >= 11 is 0. The molecule has 0 N–H and O–H groups in total. The Labute approximate surface area is 455 Å². The molecular formula is C74H50N2O3. The van der Waals surface area contributed by atoms with Gasteiger partial charge < -0.3 is 23.1 Å². The molecule has 0 fully saturated rings. The normalized spacial score (nSPS) is 14.0. The molecule has 2 aliphatic carbocycles. The van der Waals surface area contributed by atoms with Gasteiger partial charge in [-0.05, 0) is 163 Å². The smallest absolute Gasteiger partial charge is 0.137 e. The van der Waals surface area contributed by atoms with Crippen molar-refractivity contribution in [2.75, 3.05) is 9.80 Å². The fourth-order valence-corrected chi connectivity index (χ4v) is 14.1. The third-order valence-corrected chi connectivity index (χ3v) is 17.7. The second-order valence-corrected chi connectivity index (χ2v) is 22.8. The molecule has 0 spiro atoms. The molecule has 5 heteroatoms. The summed E-state index contributed by atoms with van der Waals surface area (Å²) in [6.45, 7) is 9.47. The highest BCUT2D eigenvalue weighted by atomic mass is 16.3. The Morgan fingerprint density at radius 1 is 0.253 bits per heavy atom. The van der Waals surface area contributed by atoms with Gasteiger partial charge in [0, 0.05) is 89.4 Å². The highest BCUT2D eigenvalue weighted by Crippen LogP contribution is 2.55. The van der Waals surface area contributed by atoms with E-state index in [0.29, 0.717) is 0 Å². The molecule has 5 nitrogen and oxygen atoms in total. The Hall–Kier alpha value is -9.84. The number of para-hydroxylation sites is 2. The third-order valence-electron chi connectivity index (χ3n) is 17.7. The lowest BCUT2D eigenvalue weighted by Gasteiger charge is -2.28. The highest BCUT2D eigenvalue weighted by molar-refractivity contribution is 6.19. The van der Waals surface area contributed by atoms with Gasteiger partial charge in [0.1, 0.15) is 33.5 Å². The van der Waals surface area contributed by atoms with Crippen molar-refractivity contribution in [3.63, 3.8) is 0 Å². The van der Waals surface area contributed by atoms with Crippen LogP contribution in [0.4, 0.5) is 34.1 Å².